The molecule has 1 nitrogen and oxygen atoms in total. The largest absolute Gasteiger partial charge is 0.319 e. The molecule has 2 rings (SSSR count). The van der Waals surface area contributed by atoms with Crippen molar-refractivity contribution in [1.82, 2.24) is 5.32 Å². The molecule has 1 aromatic carbocycles. The molecule has 0 saturated heterocycles. The maximum atomic E-state index is 3.20. The van der Waals surface area contributed by atoms with Crippen LogP contribution in [0.5, 0.6) is 0 Å². The van der Waals surface area contributed by atoms with Crippen LogP contribution < -0.4 is 5.32 Å². The standard InChI is InChI=1S/C13H17N/c1-10-8-12-5-3-4-11(6-7-14-2)13(12)9-10/h3-5,8,14H,6-7,9H2,1-2H3. The quantitative estimate of drug-likeness (QED) is 0.766. The van der Waals surface area contributed by atoms with Crippen molar-refractivity contribution in [2.24, 2.45) is 0 Å². The van der Waals surface area contributed by atoms with Crippen molar-refractivity contribution >= 4 is 6.08 Å². The summed E-state index contributed by atoms with van der Waals surface area (Å²) in [6.45, 7) is 3.28. The molecule has 0 unspecified atom stereocenters. The van der Waals surface area contributed by atoms with Crippen LogP contribution in [0.2, 0.25) is 0 Å². The first-order chi connectivity index (χ1) is 6.81. The predicted octanol–water partition coefficient (Wildman–Crippen LogP) is 2.41. The SMILES string of the molecule is CNCCc1cccc2c1CC(C)=C2. The summed E-state index contributed by atoms with van der Waals surface area (Å²) in [6.07, 6.45) is 4.59. The summed E-state index contributed by atoms with van der Waals surface area (Å²) < 4.78 is 0. The van der Waals surface area contributed by atoms with Crippen LogP contribution in [0, 0.1) is 0 Å². The third-order valence-corrected chi connectivity index (χ3v) is 2.81. The summed E-state index contributed by atoms with van der Waals surface area (Å²) in [5, 5.41) is 3.20. The van der Waals surface area contributed by atoms with Gasteiger partial charge in [-0.05, 0) is 50.0 Å². The Morgan fingerprint density at radius 1 is 1.36 bits per heavy atom. The minimum Gasteiger partial charge on any atom is -0.319 e. The van der Waals surface area contributed by atoms with Crippen LogP contribution in [0.4, 0.5) is 0 Å². The zero-order valence-corrected chi connectivity index (χ0v) is 8.93. The second-order valence-corrected chi connectivity index (χ2v) is 4.01. The zero-order valence-electron chi connectivity index (χ0n) is 8.93. The van der Waals surface area contributed by atoms with Crippen LogP contribution in [0.1, 0.15) is 23.6 Å². The number of fused-ring (bicyclic) bond motifs is 1. The monoisotopic (exact) mass is 187 g/mol. The Morgan fingerprint density at radius 2 is 2.21 bits per heavy atom. The Labute approximate surface area is 85.8 Å². The molecule has 0 aromatic heterocycles. The van der Waals surface area contributed by atoms with Gasteiger partial charge in [-0.25, -0.2) is 0 Å². The van der Waals surface area contributed by atoms with E-state index in [1.165, 1.54) is 16.7 Å². The number of allylic oxidation sites excluding steroid dienone is 1. The Kier molecular flexibility index (Phi) is 2.69. The van der Waals surface area contributed by atoms with Gasteiger partial charge in [0.05, 0.1) is 0 Å². The van der Waals surface area contributed by atoms with E-state index < -0.39 is 0 Å². The fraction of sp³-hybridized carbons (Fsp3) is 0.385. The molecule has 0 atom stereocenters. The topological polar surface area (TPSA) is 12.0 Å². The summed E-state index contributed by atoms with van der Waals surface area (Å²) in [5.74, 6) is 0. The summed E-state index contributed by atoms with van der Waals surface area (Å²) >= 11 is 0. The van der Waals surface area contributed by atoms with Gasteiger partial charge in [-0.3, -0.25) is 0 Å². The summed E-state index contributed by atoms with van der Waals surface area (Å²) in [7, 11) is 2.01. The van der Waals surface area contributed by atoms with Crippen molar-refractivity contribution in [2.75, 3.05) is 13.6 Å². The van der Waals surface area contributed by atoms with Gasteiger partial charge in [0.25, 0.3) is 0 Å². The minimum atomic E-state index is 1.06. The molecule has 0 saturated carbocycles. The Balaban J connectivity index is 2.25. The van der Waals surface area contributed by atoms with Gasteiger partial charge >= 0.3 is 0 Å². The Bertz CT molecular complexity index is 363. The highest BCUT2D eigenvalue weighted by Crippen LogP contribution is 2.27. The summed E-state index contributed by atoms with van der Waals surface area (Å²) in [4.78, 5) is 0. The van der Waals surface area contributed by atoms with Crippen LogP contribution >= 0.6 is 0 Å². The number of rotatable bonds is 3. The molecule has 1 heteroatoms. The zero-order chi connectivity index (χ0) is 9.97. The van der Waals surface area contributed by atoms with Crippen LogP contribution in [0.25, 0.3) is 6.08 Å². The Morgan fingerprint density at radius 3 is 3.00 bits per heavy atom. The van der Waals surface area contributed by atoms with Gasteiger partial charge in [-0.1, -0.05) is 29.8 Å². The fourth-order valence-electron chi connectivity index (χ4n) is 2.09. The van der Waals surface area contributed by atoms with E-state index in [9.17, 15) is 0 Å². The predicted molar refractivity (Wildman–Crippen MR) is 61.4 cm³/mol. The molecule has 14 heavy (non-hydrogen) atoms. The van der Waals surface area contributed by atoms with Crippen molar-refractivity contribution in [1.29, 1.82) is 0 Å². The summed E-state index contributed by atoms with van der Waals surface area (Å²) in [6, 6.07) is 6.64. The molecule has 1 aliphatic carbocycles. The molecule has 1 aliphatic rings. The lowest BCUT2D eigenvalue weighted by Gasteiger charge is -2.07. The molecule has 0 radical (unpaired) electrons. The molecule has 0 bridgehead atoms. The van der Waals surface area contributed by atoms with Gasteiger partial charge in [0, 0.05) is 0 Å². The maximum Gasteiger partial charge on any atom is -0.00112 e. The van der Waals surface area contributed by atoms with E-state index >= 15 is 0 Å². The molecule has 1 N–H and O–H groups in total. The molecule has 74 valence electrons. The number of likely N-dealkylation sites (N-methyl/N-ethyl adjacent to an activating group) is 1. The van der Waals surface area contributed by atoms with Gasteiger partial charge in [-0.15, -0.1) is 0 Å². The van der Waals surface area contributed by atoms with E-state index in [0.29, 0.717) is 0 Å². The van der Waals surface area contributed by atoms with Gasteiger partial charge in [0.15, 0.2) is 0 Å². The van der Waals surface area contributed by atoms with Gasteiger partial charge in [0.2, 0.25) is 0 Å². The number of nitrogens with one attached hydrogen (secondary N) is 1. The highest BCUT2D eigenvalue weighted by Gasteiger charge is 2.12. The number of hydrogen-bond acceptors (Lipinski definition) is 1. The van der Waals surface area contributed by atoms with Crippen LogP contribution in [0.3, 0.4) is 0 Å². The minimum absolute atomic E-state index is 1.06. The van der Waals surface area contributed by atoms with Crippen molar-refractivity contribution in [3.05, 3.63) is 40.5 Å². The van der Waals surface area contributed by atoms with E-state index in [0.717, 1.165) is 19.4 Å². The molecular formula is C13H17N. The lowest BCUT2D eigenvalue weighted by molar-refractivity contribution is 0.786. The van der Waals surface area contributed by atoms with E-state index in [1.54, 1.807) is 5.56 Å². The molecule has 0 amide bonds. The van der Waals surface area contributed by atoms with Crippen molar-refractivity contribution in [3.63, 3.8) is 0 Å². The van der Waals surface area contributed by atoms with Gasteiger partial charge < -0.3 is 5.32 Å². The molecule has 0 fully saturated rings. The second-order valence-electron chi connectivity index (χ2n) is 4.01. The normalized spacial score (nSPS) is 14.0. The highest BCUT2D eigenvalue weighted by atomic mass is 14.8. The lowest BCUT2D eigenvalue weighted by Crippen LogP contribution is -2.11. The first-order valence-electron chi connectivity index (χ1n) is 5.24. The third-order valence-electron chi connectivity index (χ3n) is 2.81. The highest BCUT2D eigenvalue weighted by molar-refractivity contribution is 5.65. The Hall–Kier alpha value is -1.08. The van der Waals surface area contributed by atoms with E-state index in [-0.39, 0.29) is 0 Å². The van der Waals surface area contributed by atoms with Crippen LogP contribution in [0.15, 0.2) is 23.8 Å². The second kappa shape index (κ2) is 3.97. The van der Waals surface area contributed by atoms with E-state index in [4.69, 9.17) is 0 Å². The van der Waals surface area contributed by atoms with Crippen LogP contribution in [-0.2, 0) is 12.8 Å². The van der Waals surface area contributed by atoms with Gasteiger partial charge in [-0.2, -0.15) is 0 Å². The van der Waals surface area contributed by atoms with Crippen molar-refractivity contribution < 1.29 is 0 Å². The third kappa shape index (κ3) is 1.73. The van der Waals surface area contributed by atoms with Crippen molar-refractivity contribution in [2.45, 2.75) is 19.8 Å². The van der Waals surface area contributed by atoms with Crippen LogP contribution in [-0.4, -0.2) is 13.6 Å². The molecular weight excluding hydrogens is 170 g/mol. The lowest BCUT2D eigenvalue weighted by atomic mass is 10.00. The number of hydrogen-bond donors (Lipinski definition) is 1. The molecule has 0 heterocycles. The van der Waals surface area contributed by atoms with E-state index in [2.05, 4.69) is 36.5 Å². The molecule has 0 spiro atoms. The van der Waals surface area contributed by atoms with E-state index in [1.807, 2.05) is 7.05 Å². The first-order valence-corrected chi connectivity index (χ1v) is 5.24. The van der Waals surface area contributed by atoms with Gasteiger partial charge in [0.1, 0.15) is 0 Å². The molecule has 1 aromatic rings. The number of benzene rings is 1. The fourth-order valence-corrected chi connectivity index (χ4v) is 2.09. The average Bonchev–Trinajstić information content (AvgIpc) is 2.55. The first kappa shape index (κ1) is 9.47. The smallest absolute Gasteiger partial charge is 0.00112 e. The van der Waals surface area contributed by atoms with Crippen molar-refractivity contribution in [3.8, 4) is 0 Å². The summed E-state index contributed by atoms with van der Waals surface area (Å²) in [5.41, 5.74) is 5.96. The molecule has 0 aliphatic heterocycles. The average molecular weight is 187 g/mol. The maximum absolute atomic E-state index is 3.20.